The van der Waals surface area contributed by atoms with Crippen LogP contribution < -0.4 is 9.47 Å². The maximum absolute atomic E-state index is 13.8. The molecule has 178 valence electrons. The molecule has 1 unspecified atom stereocenters. The molecular formula is C25H29N5O4. The topological polar surface area (TPSA) is 83.6 Å². The minimum absolute atomic E-state index is 0.0210. The predicted molar refractivity (Wildman–Crippen MR) is 125 cm³/mol. The van der Waals surface area contributed by atoms with Gasteiger partial charge in [0.1, 0.15) is 18.4 Å². The van der Waals surface area contributed by atoms with Crippen LogP contribution >= 0.6 is 0 Å². The number of aromatic nitrogens is 4. The Bertz CT molecular complexity index is 1290. The van der Waals surface area contributed by atoms with Gasteiger partial charge in [-0.15, -0.1) is 0 Å². The highest BCUT2D eigenvalue weighted by Gasteiger charge is 2.39. The van der Waals surface area contributed by atoms with Crippen LogP contribution in [0.1, 0.15) is 42.5 Å². The van der Waals surface area contributed by atoms with E-state index in [1.807, 2.05) is 51.0 Å². The Morgan fingerprint density at radius 3 is 2.82 bits per heavy atom. The molecule has 1 aromatic carbocycles. The monoisotopic (exact) mass is 463 g/mol. The molecule has 0 N–H and O–H groups in total. The van der Waals surface area contributed by atoms with Crippen LogP contribution in [0.3, 0.4) is 0 Å². The van der Waals surface area contributed by atoms with E-state index in [-0.39, 0.29) is 12.0 Å². The Kier molecular flexibility index (Phi) is 4.74. The van der Waals surface area contributed by atoms with Crippen molar-refractivity contribution in [3.63, 3.8) is 0 Å². The zero-order chi connectivity index (χ0) is 23.6. The Balaban J connectivity index is 1.53. The first-order valence-electron chi connectivity index (χ1n) is 11.8. The fraction of sp³-hybridized carbons (Fsp3) is 0.480. The van der Waals surface area contributed by atoms with Gasteiger partial charge in [0.05, 0.1) is 30.1 Å². The standard InChI is InChI=1S/C25H29N5O4/c1-15-13-33-20-11-16-5-6-18-22(24(31)29-9-10-32-14-25(29,2)3)26-23(17-7-8-28(4)27-17)30(18)19(16)12-21(20)34-15/h7-8,11-12,15H,5-6,9-10,13-14H2,1-4H3. The Morgan fingerprint density at radius 1 is 1.21 bits per heavy atom. The van der Waals surface area contributed by atoms with Gasteiger partial charge < -0.3 is 19.1 Å². The molecule has 34 heavy (non-hydrogen) atoms. The molecule has 5 heterocycles. The molecule has 3 aliphatic heterocycles. The largest absolute Gasteiger partial charge is 0.486 e. The number of benzene rings is 1. The summed E-state index contributed by atoms with van der Waals surface area (Å²) >= 11 is 0. The quantitative estimate of drug-likeness (QED) is 0.581. The molecule has 3 aromatic rings. The molecule has 0 saturated carbocycles. The highest BCUT2D eigenvalue weighted by molar-refractivity contribution is 5.95. The molecule has 0 radical (unpaired) electrons. The van der Waals surface area contributed by atoms with E-state index in [1.54, 1.807) is 4.68 Å². The van der Waals surface area contributed by atoms with Gasteiger partial charge in [0, 0.05) is 25.9 Å². The van der Waals surface area contributed by atoms with E-state index in [2.05, 4.69) is 15.7 Å². The van der Waals surface area contributed by atoms with Gasteiger partial charge in [-0.1, -0.05) is 0 Å². The fourth-order valence-corrected chi connectivity index (χ4v) is 5.10. The number of morpholine rings is 1. The van der Waals surface area contributed by atoms with Crippen molar-refractivity contribution in [3.8, 4) is 28.7 Å². The summed E-state index contributed by atoms with van der Waals surface area (Å²) in [5.41, 5.74) is 3.83. The zero-order valence-corrected chi connectivity index (χ0v) is 20.0. The average Bonchev–Trinajstić information content (AvgIpc) is 3.40. The van der Waals surface area contributed by atoms with E-state index in [9.17, 15) is 4.79 Å². The summed E-state index contributed by atoms with van der Waals surface area (Å²) in [6, 6.07) is 6.01. The number of imidazole rings is 1. The second-order valence-corrected chi connectivity index (χ2v) is 9.93. The van der Waals surface area contributed by atoms with E-state index < -0.39 is 5.54 Å². The highest BCUT2D eigenvalue weighted by atomic mass is 16.6. The lowest BCUT2D eigenvalue weighted by molar-refractivity contribution is -0.0373. The zero-order valence-electron chi connectivity index (χ0n) is 20.0. The van der Waals surface area contributed by atoms with Crippen LogP contribution in [0.5, 0.6) is 11.5 Å². The first-order chi connectivity index (χ1) is 16.3. The first-order valence-corrected chi connectivity index (χ1v) is 11.8. The minimum Gasteiger partial charge on any atom is -0.486 e. The molecule has 3 aliphatic rings. The van der Waals surface area contributed by atoms with Crippen LogP contribution in [0.2, 0.25) is 0 Å². The molecule has 2 aromatic heterocycles. The number of amides is 1. The lowest BCUT2D eigenvalue weighted by atomic mass is 9.98. The number of carbonyl (C=O) groups excluding carboxylic acids is 1. The summed E-state index contributed by atoms with van der Waals surface area (Å²) in [6.45, 7) is 8.18. The maximum atomic E-state index is 13.8. The third-order valence-corrected chi connectivity index (χ3v) is 6.83. The van der Waals surface area contributed by atoms with Crippen LogP contribution in [0.25, 0.3) is 17.2 Å². The molecule has 0 spiro atoms. The number of aryl methyl sites for hydroxylation is 2. The number of hydrogen-bond donors (Lipinski definition) is 0. The molecule has 9 nitrogen and oxygen atoms in total. The summed E-state index contributed by atoms with van der Waals surface area (Å²) < 4.78 is 21.5. The molecule has 0 aliphatic carbocycles. The van der Waals surface area contributed by atoms with Crippen LogP contribution in [0.15, 0.2) is 24.4 Å². The molecule has 1 saturated heterocycles. The molecule has 9 heteroatoms. The number of fused-ring (bicyclic) bond motifs is 4. The second-order valence-electron chi connectivity index (χ2n) is 9.93. The van der Waals surface area contributed by atoms with E-state index in [4.69, 9.17) is 19.2 Å². The molecule has 6 rings (SSSR count). The van der Waals surface area contributed by atoms with Crippen molar-refractivity contribution in [3.05, 3.63) is 41.3 Å². The van der Waals surface area contributed by atoms with Gasteiger partial charge in [0.25, 0.3) is 5.91 Å². The van der Waals surface area contributed by atoms with E-state index in [0.29, 0.717) is 50.1 Å². The first kappa shape index (κ1) is 21.2. The number of ether oxygens (including phenoxy) is 3. The molecule has 1 atom stereocenters. The van der Waals surface area contributed by atoms with Crippen molar-refractivity contribution in [2.75, 3.05) is 26.4 Å². The second kappa shape index (κ2) is 7.59. The van der Waals surface area contributed by atoms with E-state index in [1.165, 1.54) is 0 Å². The molecule has 1 fully saturated rings. The number of hydrogen-bond acceptors (Lipinski definition) is 6. The van der Waals surface area contributed by atoms with Crippen molar-refractivity contribution < 1.29 is 19.0 Å². The Labute approximate surface area is 198 Å². The molecular weight excluding hydrogens is 434 g/mol. The normalized spacial score (nSPS) is 20.6. The lowest BCUT2D eigenvalue weighted by Crippen LogP contribution is -2.55. The SMILES string of the molecule is CC1COc2cc3c(cc2O1)-n1c(-c2ccn(C)n2)nc(C(=O)N2CCOCC2(C)C)c1CC3. The average molecular weight is 464 g/mol. The van der Waals surface area contributed by atoms with Crippen LogP contribution in [0, 0.1) is 0 Å². The number of rotatable bonds is 2. The van der Waals surface area contributed by atoms with Crippen molar-refractivity contribution in [2.24, 2.45) is 7.05 Å². The van der Waals surface area contributed by atoms with Crippen LogP contribution in [-0.2, 0) is 24.6 Å². The van der Waals surface area contributed by atoms with Gasteiger partial charge >= 0.3 is 0 Å². The van der Waals surface area contributed by atoms with Gasteiger partial charge in [-0.3, -0.25) is 14.0 Å². The summed E-state index contributed by atoms with van der Waals surface area (Å²) in [5, 5.41) is 4.61. The minimum atomic E-state index is -0.399. The van der Waals surface area contributed by atoms with Gasteiger partial charge in [-0.2, -0.15) is 5.10 Å². The van der Waals surface area contributed by atoms with E-state index >= 15 is 0 Å². The lowest BCUT2D eigenvalue weighted by Gasteiger charge is -2.41. The van der Waals surface area contributed by atoms with Crippen molar-refractivity contribution in [2.45, 2.75) is 45.3 Å². The highest BCUT2D eigenvalue weighted by Crippen LogP contribution is 2.41. The maximum Gasteiger partial charge on any atom is 0.274 e. The number of nitrogens with zero attached hydrogens (tertiary/aromatic N) is 5. The summed E-state index contributed by atoms with van der Waals surface area (Å²) in [5.74, 6) is 2.09. The van der Waals surface area contributed by atoms with Crippen LogP contribution in [-0.4, -0.2) is 68.1 Å². The third kappa shape index (κ3) is 3.29. The third-order valence-electron chi connectivity index (χ3n) is 6.83. The Hall–Kier alpha value is -3.33. The molecule has 0 bridgehead atoms. The van der Waals surface area contributed by atoms with E-state index in [0.717, 1.165) is 34.8 Å². The smallest absolute Gasteiger partial charge is 0.274 e. The van der Waals surface area contributed by atoms with Crippen molar-refractivity contribution >= 4 is 5.91 Å². The summed E-state index contributed by atoms with van der Waals surface area (Å²) in [4.78, 5) is 20.7. The fourth-order valence-electron chi connectivity index (χ4n) is 5.10. The van der Waals surface area contributed by atoms with Crippen LogP contribution in [0.4, 0.5) is 0 Å². The Morgan fingerprint density at radius 2 is 2.06 bits per heavy atom. The van der Waals surface area contributed by atoms with Gasteiger partial charge in [0.15, 0.2) is 23.0 Å². The number of carbonyl (C=O) groups is 1. The van der Waals surface area contributed by atoms with Gasteiger partial charge in [-0.25, -0.2) is 4.98 Å². The van der Waals surface area contributed by atoms with Gasteiger partial charge in [-0.05, 0) is 51.3 Å². The summed E-state index contributed by atoms with van der Waals surface area (Å²) in [7, 11) is 1.88. The molecule has 1 amide bonds. The summed E-state index contributed by atoms with van der Waals surface area (Å²) in [6.07, 6.45) is 3.36. The van der Waals surface area contributed by atoms with Crippen molar-refractivity contribution in [1.82, 2.24) is 24.2 Å². The van der Waals surface area contributed by atoms with Crippen molar-refractivity contribution in [1.29, 1.82) is 0 Å². The van der Waals surface area contributed by atoms with Gasteiger partial charge in [0.2, 0.25) is 0 Å². The predicted octanol–water partition coefficient (Wildman–Crippen LogP) is 2.78.